The zero-order valence-corrected chi connectivity index (χ0v) is 11.5. The molecule has 0 unspecified atom stereocenters. The molecule has 0 spiro atoms. The van der Waals surface area contributed by atoms with Gasteiger partial charge in [-0.25, -0.2) is 0 Å². The van der Waals surface area contributed by atoms with Gasteiger partial charge in [0, 0.05) is 24.2 Å². The molecule has 1 aliphatic heterocycles. The summed E-state index contributed by atoms with van der Waals surface area (Å²) < 4.78 is 1.43. The van der Waals surface area contributed by atoms with Crippen molar-refractivity contribution in [3.63, 3.8) is 0 Å². The average molecular weight is 284 g/mol. The fourth-order valence-corrected chi connectivity index (χ4v) is 2.97. The first kappa shape index (κ1) is 13.8. The Kier molecular flexibility index (Phi) is 4.04. The van der Waals surface area contributed by atoms with Crippen LogP contribution in [0.5, 0.6) is 0 Å². The van der Waals surface area contributed by atoms with Gasteiger partial charge in [-0.05, 0) is 19.8 Å². The second kappa shape index (κ2) is 5.56. The van der Waals surface area contributed by atoms with Crippen LogP contribution in [-0.2, 0) is 16.1 Å². The van der Waals surface area contributed by atoms with Gasteiger partial charge >= 0.3 is 10.8 Å². The molecule has 0 aromatic carbocycles. The minimum Gasteiger partial charge on any atom is -0.481 e. The first-order valence-electron chi connectivity index (χ1n) is 6.14. The Morgan fingerprint density at radius 2 is 2.26 bits per heavy atom. The minimum absolute atomic E-state index is 0.000502. The molecule has 1 atom stereocenters. The lowest BCUT2D eigenvalue weighted by atomic mass is 9.98. The van der Waals surface area contributed by atoms with Gasteiger partial charge in [-0.1, -0.05) is 11.3 Å². The third kappa shape index (κ3) is 3.04. The van der Waals surface area contributed by atoms with Crippen molar-refractivity contribution in [3.8, 4) is 0 Å². The van der Waals surface area contributed by atoms with E-state index >= 15 is 0 Å². The largest absolute Gasteiger partial charge is 0.481 e. The van der Waals surface area contributed by atoms with Crippen LogP contribution in [0.3, 0.4) is 0 Å². The highest BCUT2D eigenvalue weighted by Crippen LogP contribution is 2.17. The summed E-state index contributed by atoms with van der Waals surface area (Å²) in [6, 6.07) is 0. The van der Waals surface area contributed by atoms with Gasteiger partial charge in [0.25, 0.3) is 0 Å². The van der Waals surface area contributed by atoms with Crippen molar-refractivity contribution in [2.75, 3.05) is 13.1 Å². The molecule has 6 nitrogen and oxygen atoms in total. The fourth-order valence-electron chi connectivity index (χ4n) is 2.24. The van der Waals surface area contributed by atoms with Crippen molar-refractivity contribution in [3.05, 3.63) is 20.7 Å². The SMILES string of the molecule is Cc1csc(=O)n1CC(=O)N1CCC[C@H](C(=O)O)C1. The predicted molar refractivity (Wildman–Crippen MR) is 70.3 cm³/mol. The van der Waals surface area contributed by atoms with Crippen LogP contribution in [-0.4, -0.2) is 39.5 Å². The van der Waals surface area contributed by atoms with Crippen LogP contribution in [0.2, 0.25) is 0 Å². The first-order valence-corrected chi connectivity index (χ1v) is 7.02. The number of amides is 1. The van der Waals surface area contributed by atoms with E-state index < -0.39 is 11.9 Å². The van der Waals surface area contributed by atoms with E-state index in [2.05, 4.69) is 0 Å². The number of carboxylic acids is 1. The molecule has 2 heterocycles. The van der Waals surface area contributed by atoms with E-state index in [4.69, 9.17) is 5.11 Å². The Morgan fingerprint density at radius 3 is 2.84 bits per heavy atom. The summed E-state index contributed by atoms with van der Waals surface area (Å²) in [7, 11) is 0. The highest BCUT2D eigenvalue weighted by Gasteiger charge is 2.28. The number of thiazole rings is 1. The summed E-state index contributed by atoms with van der Waals surface area (Å²) >= 11 is 1.07. The Hall–Kier alpha value is -1.63. The van der Waals surface area contributed by atoms with Crippen LogP contribution in [0.15, 0.2) is 10.2 Å². The Balaban J connectivity index is 2.04. The van der Waals surface area contributed by atoms with Gasteiger partial charge in [0.15, 0.2) is 0 Å². The predicted octanol–water partition coefficient (Wildman–Crippen LogP) is 0.541. The molecule has 0 bridgehead atoms. The molecule has 0 saturated carbocycles. The fraction of sp³-hybridized carbons (Fsp3) is 0.583. The molecule has 1 aromatic rings. The maximum atomic E-state index is 12.1. The Morgan fingerprint density at radius 1 is 1.53 bits per heavy atom. The van der Waals surface area contributed by atoms with E-state index in [1.54, 1.807) is 17.2 Å². The van der Waals surface area contributed by atoms with Crippen molar-refractivity contribution in [2.24, 2.45) is 5.92 Å². The monoisotopic (exact) mass is 284 g/mol. The topological polar surface area (TPSA) is 79.6 Å². The number of hydrogen-bond acceptors (Lipinski definition) is 4. The van der Waals surface area contributed by atoms with Crippen molar-refractivity contribution in [1.82, 2.24) is 9.47 Å². The Bertz CT molecular complexity index is 548. The van der Waals surface area contributed by atoms with E-state index in [0.29, 0.717) is 19.4 Å². The molecule has 1 saturated heterocycles. The van der Waals surface area contributed by atoms with Crippen LogP contribution < -0.4 is 4.87 Å². The number of carbonyl (C=O) groups is 2. The number of aryl methyl sites for hydroxylation is 1. The molecule has 7 heteroatoms. The number of rotatable bonds is 3. The van der Waals surface area contributed by atoms with Crippen molar-refractivity contribution in [2.45, 2.75) is 26.3 Å². The van der Waals surface area contributed by atoms with Gasteiger partial charge in [0.1, 0.15) is 6.54 Å². The molecule has 1 aromatic heterocycles. The maximum Gasteiger partial charge on any atom is 0.308 e. The lowest BCUT2D eigenvalue weighted by molar-refractivity contribution is -0.145. The summed E-state index contributed by atoms with van der Waals surface area (Å²) in [5, 5.41) is 10.7. The molecular formula is C12H16N2O4S. The van der Waals surface area contributed by atoms with E-state index in [-0.39, 0.29) is 23.9 Å². The normalized spacial score (nSPS) is 19.4. The second-order valence-electron chi connectivity index (χ2n) is 4.75. The van der Waals surface area contributed by atoms with Crippen molar-refractivity contribution in [1.29, 1.82) is 0 Å². The van der Waals surface area contributed by atoms with Crippen molar-refractivity contribution >= 4 is 23.2 Å². The van der Waals surface area contributed by atoms with E-state index in [9.17, 15) is 14.4 Å². The van der Waals surface area contributed by atoms with Gasteiger partial charge in [-0.3, -0.25) is 19.0 Å². The molecular weight excluding hydrogens is 268 g/mol. The summed E-state index contributed by atoms with van der Waals surface area (Å²) in [6.07, 6.45) is 1.30. The first-order chi connectivity index (χ1) is 8.99. The molecule has 19 heavy (non-hydrogen) atoms. The molecule has 1 amide bonds. The molecule has 0 aliphatic carbocycles. The number of nitrogens with zero attached hydrogens (tertiary/aromatic N) is 2. The number of hydrogen-bond donors (Lipinski definition) is 1. The molecule has 104 valence electrons. The number of carboxylic acid groups (broad SMARTS) is 1. The van der Waals surface area contributed by atoms with E-state index in [1.165, 1.54) is 4.57 Å². The quantitative estimate of drug-likeness (QED) is 0.878. The van der Waals surface area contributed by atoms with E-state index in [1.807, 2.05) is 0 Å². The van der Waals surface area contributed by atoms with Gasteiger partial charge < -0.3 is 10.0 Å². The average Bonchev–Trinajstić information content (AvgIpc) is 2.70. The van der Waals surface area contributed by atoms with Gasteiger partial charge in [-0.15, -0.1) is 0 Å². The highest BCUT2D eigenvalue weighted by molar-refractivity contribution is 7.07. The molecule has 2 rings (SSSR count). The third-order valence-electron chi connectivity index (χ3n) is 3.39. The lowest BCUT2D eigenvalue weighted by Crippen LogP contribution is -2.44. The maximum absolute atomic E-state index is 12.1. The summed E-state index contributed by atoms with van der Waals surface area (Å²) in [4.78, 5) is 36.0. The molecule has 1 fully saturated rings. The number of carbonyl (C=O) groups excluding carboxylic acids is 1. The van der Waals surface area contributed by atoms with Crippen LogP contribution in [0.25, 0.3) is 0 Å². The molecule has 0 radical (unpaired) electrons. The second-order valence-corrected chi connectivity index (χ2v) is 5.57. The highest BCUT2D eigenvalue weighted by atomic mass is 32.1. The minimum atomic E-state index is -0.860. The lowest BCUT2D eigenvalue weighted by Gasteiger charge is -2.30. The molecule has 1 N–H and O–H groups in total. The summed E-state index contributed by atoms with van der Waals surface area (Å²) in [5.74, 6) is -1.53. The zero-order chi connectivity index (χ0) is 14.0. The van der Waals surface area contributed by atoms with Gasteiger partial charge in [0.05, 0.1) is 5.92 Å². The number of aliphatic carboxylic acids is 1. The van der Waals surface area contributed by atoms with Crippen LogP contribution in [0.1, 0.15) is 18.5 Å². The van der Waals surface area contributed by atoms with Gasteiger partial charge in [-0.2, -0.15) is 0 Å². The smallest absolute Gasteiger partial charge is 0.308 e. The standard InChI is InChI=1S/C12H16N2O4S/c1-8-7-19-12(18)14(8)6-10(15)13-4-2-3-9(5-13)11(16)17/h7,9H,2-6H2,1H3,(H,16,17)/t9-/m0/s1. The number of aromatic nitrogens is 1. The van der Waals surface area contributed by atoms with Crippen molar-refractivity contribution < 1.29 is 14.7 Å². The summed E-state index contributed by atoms with van der Waals surface area (Å²) in [6.45, 7) is 2.59. The number of likely N-dealkylation sites (tertiary alicyclic amines) is 1. The third-order valence-corrected chi connectivity index (χ3v) is 4.27. The summed E-state index contributed by atoms with van der Waals surface area (Å²) in [5.41, 5.74) is 0.759. The van der Waals surface area contributed by atoms with E-state index in [0.717, 1.165) is 17.0 Å². The van der Waals surface area contributed by atoms with Crippen LogP contribution in [0, 0.1) is 12.8 Å². The van der Waals surface area contributed by atoms with Gasteiger partial charge in [0.2, 0.25) is 5.91 Å². The molecule has 1 aliphatic rings. The van der Waals surface area contributed by atoms with Crippen LogP contribution >= 0.6 is 11.3 Å². The Labute approximate surface area is 114 Å². The van der Waals surface area contributed by atoms with Crippen LogP contribution in [0.4, 0.5) is 0 Å². The zero-order valence-electron chi connectivity index (χ0n) is 10.7. The number of piperidine rings is 1.